The fourth-order valence-electron chi connectivity index (χ4n) is 3.60. The molecule has 24 heavy (non-hydrogen) atoms. The molecule has 0 aromatic heterocycles. The highest BCUT2D eigenvalue weighted by Gasteiger charge is 2.29. The summed E-state index contributed by atoms with van der Waals surface area (Å²) in [4.78, 5) is 0. The van der Waals surface area contributed by atoms with Gasteiger partial charge in [-0.2, -0.15) is 0 Å². The first-order chi connectivity index (χ1) is 11.1. The lowest BCUT2D eigenvalue weighted by Gasteiger charge is -2.15. The first kappa shape index (κ1) is 25.7. The van der Waals surface area contributed by atoms with Crippen LogP contribution in [0.3, 0.4) is 0 Å². The normalized spacial score (nSPS) is 31.6. The van der Waals surface area contributed by atoms with Crippen LogP contribution in [0.2, 0.25) is 0 Å². The molecule has 0 amide bonds. The van der Waals surface area contributed by atoms with Gasteiger partial charge in [0.25, 0.3) is 0 Å². The molecule has 0 radical (unpaired) electrons. The van der Waals surface area contributed by atoms with Gasteiger partial charge in [0.15, 0.2) is 0 Å². The number of rotatable bonds is 0. The van der Waals surface area contributed by atoms with Crippen LogP contribution in [0.15, 0.2) is 22.3 Å². The molecule has 0 nitrogen and oxygen atoms in total. The Balaban J connectivity index is 0. The largest absolute Gasteiger partial charge is 0.0713 e. The molecule has 2 aliphatic rings. The van der Waals surface area contributed by atoms with Crippen LogP contribution in [0.5, 0.6) is 0 Å². The van der Waals surface area contributed by atoms with Gasteiger partial charge in [-0.05, 0) is 63.7 Å². The highest BCUT2D eigenvalue weighted by atomic mass is 14.3. The van der Waals surface area contributed by atoms with E-state index in [1.807, 2.05) is 13.8 Å². The standard InChI is InChI=1S/C10H18.C9H16.C3H8.C2H6/c1-6-7(2)9(4)10(5)8(6)3;1-6-5-7(2)9(4)8(6)3;1-3-2;1-2/h6-8H,1-5H3;6-7H,5H2,1-4H3;3H2,1-2H3;1-2H3/t6?,7-,8+;6-,7+;;. The predicted octanol–water partition coefficient (Wildman–Crippen LogP) is 8.69. The number of hydrogen-bond donors (Lipinski definition) is 0. The topological polar surface area (TPSA) is 0 Å². The lowest BCUT2D eigenvalue weighted by molar-refractivity contribution is 0.390. The molecular formula is C24H48. The van der Waals surface area contributed by atoms with Crippen LogP contribution in [-0.2, 0) is 0 Å². The van der Waals surface area contributed by atoms with E-state index >= 15 is 0 Å². The molecule has 2 aliphatic carbocycles. The van der Waals surface area contributed by atoms with Crippen molar-refractivity contribution in [2.24, 2.45) is 29.6 Å². The van der Waals surface area contributed by atoms with Crippen LogP contribution in [0.4, 0.5) is 0 Å². The Morgan fingerprint density at radius 2 is 0.875 bits per heavy atom. The van der Waals surface area contributed by atoms with E-state index in [1.54, 1.807) is 22.3 Å². The third-order valence-electron chi connectivity index (χ3n) is 6.37. The second-order valence-electron chi connectivity index (χ2n) is 7.91. The lowest BCUT2D eigenvalue weighted by Crippen LogP contribution is -2.08. The van der Waals surface area contributed by atoms with E-state index in [4.69, 9.17) is 0 Å². The summed E-state index contributed by atoms with van der Waals surface area (Å²) in [5.41, 5.74) is 6.50. The zero-order valence-corrected chi connectivity index (χ0v) is 19.3. The Hall–Kier alpha value is -0.520. The summed E-state index contributed by atoms with van der Waals surface area (Å²) in [7, 11) is 0. The minimum Gasteiger partial charge on any atom is -0.0713 e. The maximum Gasteiger partial charge on any atom is -0.0200 e. The zero-order chi connectivity index (χ0) is 19.6. The van der Waals surface area contributed by atoms with Gasteiger partial charge in [-0.25, -0.2) is 0 Å². The predicted molar refractivity (Wildman–Crippen MR) is 114 cm³/mol. The first-order valence-corrected chi connectivity index (χ1v) is 10.4. The van der Waals surface area contributed by atoms with Crippen molar-refractivity contribution in [3.05, 3.63) is 22.3 Å². The summed E-state index contributed by atoms with van der Waals surface area (Å²) >= 11 is 0. The quantitative estimate of drug-likeness (QED) is 0.388. The van der Waals surface area contributed by atoms with Crippen molar-refractivity contribution < 1.29 is 0 Å². The second-order valence-corrected chi connectivity index (χ2v) is 7.91. The van der Waals surface area contributed by atoms with Crippen LogP contribution >= 0.6 is 0 Å². The van der Waals surface area contributed by atoms with Crippen molar-refractivity contribution >= 4 is 0 Å². The van der Waals surface area contributed by atoms with E-state index in [1.165, 1.54) is 12.8 Å². The van der Waals surface area contributed by atoms with Crippen molar-refractivity contribution in [3.63, 3.8) is 0 Å². The summed E-state index contributed by atoms with van der Waals surface area (Å²) in [6, 6.07) is 0. The fourth-order valence-corrected chi connectivity index (χ4v) is 3.60. The van der Waals surface area contributed by atoms with E-state index < -0.39 is 0 Å². The molecule has 0 fully saturated rings. The van der Waals surface area contributed by atoms with E-state index in [0.29, 0.717) is 0 Å². The minimum atomic E-state index is 0.815. The van der Waals surface area contributed by atoms with Crippen molar-refractivity contribution in [1.29, 1.82) is 0 Å². The van der Waals surface area contributed by atoms with E-state index in [0.717, 1.165) is 29.6 Å². The molecule has 0 aromatic carbocycles. The molecule has 0 saturated carbocycles. The second kappa shape index (κ2) is 12.8. The van der Waals surface area contributed by atoms with Gasteiger partial charge in [0.2, 0.25) is 0 Å². The average Bonchev–Trinajstić information content (AvgIpc) is 2.88. The average molecular weight is 337 g/mol. The van der Waals surface area contributed by atoms with Crippen LogP contribution < -0.4 is 0 Å². The number of allylic oxidation sites excluding steroid dienone is 4. The molecule has 1 unspecified atom stereocenters. The van der Waals surface area contributed by atoms with Crippen LogP contribution in [0.1, 0.15) is 103 Å². The molecular weight excluding hydrogens is 288 g/mol. The zero-order valence-electron chi connectivity index (χ0n) is 19.3. The van der Waals surface area contributed by atoms with E-state index in [2.05, 4.69) is 76.2 Å². The van der Waals surface area contributed by atoms with Gasteiger partial charge >= 0.3 is 0 Å². The van der Waals surface area contributed by atoms with Gasteiger partial charge in [-0.15, -0.1) is 0 Å². The highest BCUT2D eigenvalue weighted by Crippen LogP contribution is 2.40. The van der Waals surface area contributed by atoms with Crippen LogP contribution in [-0.4, -0.2) is 0 Å². The Bertz CT molecular complexity index is 362. The number of hydrogen-bond acceptors (Lipinski definition) is 0. The molecule has 5 atom stereocenters. The lowest BCUT2D eigenvalue weighted by atomic mass is 9.90. The molecule has 2 rings (SSSR count). The molecule has 144 valence electrons. The van der Waals surface area contributed by atoms with Crippen LogP contribution in [0.25, 0.3) is 0 Å². The van der Waals surface area contributed by atoms with Gasteiger partial charge < -0.3 is 0 Å². The van der Waals surface area contributed by atoms with Crippen molar-refractivity contribution in [1.82, 2.24) is 0 Å². The SMILES string of the molecule is CC.CC1=C(C)[C@@H](C)C[C@H]1C.CC1=C(C)[C@H](C)C(C)[C@@H]1C.CCC. The van der Waals surface area contributed by atoms with Crippen molar-refractivity contribution in [2.45, 2.75) is 103 Å². The molecule has 0 aromatic rings. The van der Waals surface area contributed by atoms with E-state index in [9.17, 15) is 0 Å². The van der Waals surface area contributed by atoms with E-state index in [-0.39, 0.29) is 0 Å². The molecule has 0 spiro atoms. The molecule has 0 N–H and O–H groups in total. The van der Waals surface area contributed by atoms with Gasteiger partial charge in [0.1, 0.15) is 0 Å². The van der Waals surface area contributed by atoms with Gasteiger partial charge in [0.05, 0.1) is 0 Å². The van der Waals surface area contributed by atoms with Crippen molar-refractivity contribution in [2.75, 3.05) is 0 Å². The molecule has 0 heteroatoms. The highest BCUT2D eigenvalue weighted by molar-refractivity contribution is 5.22. The van der Waals surface area contributed by atoms with Crippen LogP contribution in [0, 0.1) is 29.6 Å². The summed E-state index contributed by atoms with van der Waals surface area (Å²) in [6.45, 7) is 29.0. The Kier molecular flexibility index (Phi) is 13.7. The van der Waals surface area contributed by atoms with Gasteiger partial charge in [0, 0.05) is 0 Å². The first-order valence-electron chi connectivity index (χ1n) is 10.4. The summed E-state index contributed by atoms with van der Waals surface area (Å²) in [5, 5.41) is 0. The minimum absolute atomic E-state index is 0.815. The summed E-state index contributed by atoms with van der Waals surface area (Å²) in [6.07, 6.45) is 2.62. The molecule has 0 saturated heterocycles. The molecule has 0 aliphatic heterocycles. The summed E-state index contributed by atoms with van der Waals surface area (Å²) < 4.78 is 0. The third kappa shape index (κ3) is 7.16. The Morgan fingerprint density at radius 3 is 0.958 bits per heavy atom. The Morgan fingerprint density at radius 1 is 0.625 bits per heavy atom. The molecule has 0 bridgehead atoms. The maximum atomic E-state index is 2.36. The Labute approximate surface area is 155 Å². The van der Waals surface area contributed by atoms with Gasteiger partial charge in [-0.3, -0.25) is 0 Å². The summed E-state index contributed by atoms with van der Waals surface area (Å²) in [5.74, 6) is 4.19. The van der Waals surface area contributed by atoms with Crippen molar-refractivity contribution in [3.8, 4) is 0 Å². The smallest absolute Gasteiger partial charge is 0.0200 e. The monoisotopic (exact) mass is 336 g/mol. The third-order valence-corrected chi connectivity index (χ3v) is 6.37. The molecule has 0 heterocycles. The van der Waals surface area contributed by atoms with Gasteiger partial charge in [-0.1, -0.05) is 91.0 Å². The fraction of sp³-hybridized carbons (Fsp3) is 0.833. The maximum absolute atomic E-state index is 2.36.